The number of aryl methyl sites for hydroxylation is 1. The lowest BCUT2D eigenvalue weighted by molar-refractivity contribution is 0.0851. The summed E-state index contributed by atoms with van der Waals surface area (Å²) in [5.74, 6) is -0.141. The predicted octanol–water partition coefficient (Wildman–Crippen LogP) is 0.949. The monoisotopic (exact) mass is 239 g/mol. The van der Waals surface area contributed by atoms with Crippen molar-refractivity contribution >= 4 is 5.91 Å². The minimum absolute atomic E-state index is 0.0906. The van der Waals surface area contributed by atoms with Crippen molar-refractivity contribution in [3.63, 3.8) is 0 Å². The Bertz CT molecular complexity index is 361. The van der Waals surface area contributed by atoms with Gasteiger partial charge in [-0.05, 0) is 12.8 Å². The van der Waals surface area contributed by atoms with Gasteiger partial charge < -0.3 is 10.4 Å². The van der Waals surface area contributed by atoms with Crippen LogP contribution in [0.2, 0.25) is 0 Å². The molecule has 0 saturated carbocycles. The topological polar surface area (TPSA) is 67.2 Å². The van der Waals surface area contributed by atoms with Gasteiger partial charge in [0.1, 0.15) is 0 Å². The van der Waals surface area contributed by atoms with E-state index in [9.17, 15) is 9.90 Å². The van der Waals surface area contributed by atoms with Crippen LogP contribution in [-0.2, 0) is 7.05 Å². The maximum Gasteiger partial charge on any atom is 0.254 e. The molecule has 0 spiro atoms. The van der Waals surface area contributed by atoms with Crippen LogP contribution in [0.15, 0.2) is 12.4 Å². The van der Waals surface area contributed by atoms with E-state index in [4.69, 9.17) is 0 Å². The number of rotatable bonds is 6. The predicted molar refractivity (Wildman–Crippen MR) is 65.6 cm³/mol. The Morgan fingerprint density at radius 3 is 2.59 bits per heavy atom. The van der Waals surface area contributed by atoms with Crippen LogP contribution >= 0.6 is 0 Å². The molecule has 0 unspecified atom stereocenters. The Morgan fingerprint density at radius 1 is 1.53 bits per heavy atom. The van der Waals surface area contributed by atoms with Crippen LogP contribution in [0.4, 0.5) is 0 Å². The third-order valence-electron chi connectivity index (χ3n) is 3.43. The first kappa shape index (κ1) is 13.7. The molecule has 0 aliphatic heterocycles. The molecule has 0 fully saturated rings. The van der Waals surface area contributed by atoms with Gasteiger partial charge in [0.2, 0.25) is 0 Å². The minimum atomic E-state index is -0.210. The van der Waals surface area contributed by atoms with E-state index in [1.165, 1.54) is 6.20 Å². The summed E-state index contributed by atoms with van der Waals surface area (Å²) in [6.45, 7) is 4.63. The second kappa shape index (κ2) is 5.82. The van der Waals surface area contributed by atoms with Crippen LogP contribution in [-0.4, -0.2) is 33.9 Å². The van der Waals surface area contributed by atoms with Crippen molar-refractivity contribution in [2.75, 3.05) is 13.2 Å². The number of aliphatic hydroxyl groups excluding tert-OH is 1. The Kier molecular flexibility index (Phi) is 4.69. The van der Waals surface area contributed by atoms with Gasteiger partial charge in [0.25, 0.3) is 5.91 Å². The van der Waals surface area contributed by atoms with Crippen molar-refractivity contribution in [1.29, 1.82) is 0 Å². The van der Waals surface area contributed by atoms with Gasteiger partial charge in [0, 0.05) is 25.2 Å². The molecule has 0 aromatic carbocycles. The summed E-state index contributed by atoms with van der Waals surface area (Å²) >= 11 is 0. The van der Waals surface area contributed by atoms with Gasteiger partial charge in [-0.1, -0.05) is 13.8 Å². The van der Waals surface area contributed by atoms with E-state index in [2.05, 4.69) is 10.4 Å². The number of carbonyl (C=O) groups is 1. The fourth-order valence-electron chi connectivity index (χ4n) is 1.69. The van der Waals surface area contributed by atoms with Gasteiger partial charge in [0.15, 0.2) is 0 Å². The number of nitrogens with one attached hydrogen (secondary N) is 1. The van der Waals surface area contributed by atoms with Crippen LogP contribution in [0.5, 0.6) is 0 Å². The lowest BCUT2D eigenvalue weighted by Crippen LogP contribution is -2.39. The van der Waals surface area contributed by atoms with Crippen molar-refractivity contribution in [3.8, 4) is 0 Å². The number of aromatic nitrogens is 2. The highest BCUT2D eigenvalue weighted by Gasteiger charge is 2.26. The smallest absolute Gasteiger partial charge is 0.254 e. The Hall–Kier alpha value is -1.36. The molecule has 0 bridgehead atoms. The van der Waals surface area contributed by atoms with Gasteiger partial charge in [-0.2, -0.15) is 5.10 Å². The minimum Gasteiger partial charge on any atom is -0.396 e. The van der Waals surface area contributed by atoms with E-state index in [0.717, 1.165) is 12.8 Å². The molecule has 1 rings (SSSR count). The average Bonchev–Trinajstić information content (AvgIpc) is 2.78. The molecule has 0 aliphatic carbocycles. The second-order valence-electron chi connectivity index (χ2n) is 4.45. The number of hydrogen-bond donors (Lipinski definition) is 2. The standard InChI is InChI=1S/C12H21N3O2/c1-4-12(5-2,9-16)8-13-11(17)10-6-14-15(3)7-10/h6-7,16H,4-5,8-9H2,1-3H3,(H,13,17). The Labute approximate surface area is 102 Å². The first-order valence-corrected chi connectivity index (χ1v) is 5.94. The van der Waals surface area contributed by atoms with Crippen LogP contribution in [0.3, 0.4) is 0 Å². The number of amides is 1. The van der Waals surface area contributed by atoms with Gasteiger partial charge in [0.05, 0.1) is 18.4 Å². The summed E-state index contributed by atoms with van der Waals surface area (Å²) in [6, 6.07) is 0. The van der Waals surface area contributed by atoms with Gasteiger partial charge in [-0.15, -0.1) is 0 Å². The summed E-state index contributed by atoms with van der Waals surface area (Å²) in [6.07, 6.45) is 4.89. The summed E-state index contributed by atoms with van der Waals surface area (Å²) in [5.41, 5.74) is 0.337. The molecule has 1 heterocycles. The first-order chi connectivity index (χ1) is 8.06. The van der Waals surface area contributed by atoms with Crippen molar-refractivity contribution in [2.24, 2.45) is 12.5 Å². The van der Waals surface area contributed by atoms with Crippen LogP contribution in [0.25, 0.3) is 0 Å². The Balaban J connectivity index is 2.58. The van der Waals surface area contributed by atoms with Crippen molar-refractivity contribution in [3.05, 3.63) is 18.0 Å². The molecule has 5 nitrogen and oxygen atoms in total. The van der Waals surface area contributed by atoms with E-state index in [1.807, 2.05) is 13.8 Å². The summed E-state index contributed by atoms with van der Waals surface area (Å²) in [4.78, 5) is 11.8. The highest BCUT2D eigenvalue weighted by atomic mass is 16.3. The molecule has 0 aliphatic rings. The Morgan fingerprint density at radius 2 is 2.18 bits per heavy atom. The lowest BCUT2D eigenvalue weighted by atomic mass is 9.83. The molecule has 96 valence electrons. The maximum atomic E-state index is 11.8. The molecular formula is C12H21N3O2. The molecule has 1 amide bonds. The largest absolute Gasteiger partial charge is 0.396 e. The molecular weight excluding hydrogens is 218 g/mol. The van der Waals surface area contributed by atoms with E-state index >= 15 is 0 Å². The number of aliphatic hydroxyl groups is 1. The van der Waals surface area contributed by atoms with Gasteiger partial charge in [-0.25, -0.2) is 0 Å². The second-order valence-corrected chi connectivity index (χ2v) is 4.45. The first-order valence-electron chi connectivity index (χ1n) is 5.94. The highest BCUT2D eigenvalue weighted by molar-refractivity contribution is 5.93. The summed E-state index contributed by atoms with van der Waals surface area (Å²) < 4.78 is 1.59. The van der Waals surface area contributed by atoms with Crippen molar-refractivity contribution < 1.29 is 9.90 Å². The molecule has 0 atom stereocenters. The summed E-state index contributed by atoms with van der Waals surface area (Å²) in [5, 5.41) is 16.2. The van der Waals surface area contributed by atoms with Crippen LogP contribution in [0.1, 0.15) is 37.0 Å². The fourth-order valence-corrected chi connectivity index (χ4v) is 1.69. The normalized spacial score (nSPS) is 11.5. The lowest BCUT2D eigenvalue weighted by Gasteiger charge is -2.29. The van der Waals surface area contributed by atoms with Crippen molar-refractivity contribution in [1.82, 2.24) is 15.1 Å². The fraction of sp³-hybridized carbons (Fsp3) is 0.667. The SMILES string of the molecule is CCC(CC)(CO)CNC(=O)c1cnn(C)c1. The van der Waals surface area contributed by atoms with Gasteiger partial charge in [-0.3, -0.25) is 9.48 Å². The number of carbonyl (C=O) groups excluding carboxylic acids is 1. The zero-order valence-electron chi connectivity index (χ0n) is 10.7. The summed E-state index contributed by atoms with van der Waals surface area (Å²) in [7, 11) is 1.77. The number of hydrogen-bond acceptors (Lipinski definition) is 3. The third kappa shape index (κ3) is 3.30. The van der Waals surface area contributed by atoms with E-state index in [1.54, 1.807) is 17.9 Å². The average molecular weight is 239 g/mol. The van der Waals surface area contributed by atoms with Crippen LogP contribution < -0.4 is 5.32 Å². The zero-order valence-corrected chi connectivity index (χ0v) is 10.7. The number of nitrogens with zero attached hydrogens (tertiary/aromatic N) is 2. The quantitative estimate of drug-likeness (QED) is 0.776. The zero-order chi connectivity index (χ0) is 12.9. The highest BCUT2D eigenvalue weighted by Crippen LogP contribution is 2.24. The molecule has 5 heteroatoms. The molecule has 1 aromatic rings. The van der Waals surface area contributed by atoms with E-state index in [-0.39, 0.29) is 17.9 Å². The molecule has 0 saturated heterocycles. The van der Waals surface area contributed by atoms with Crippen molar-refractivity contribution in [2.45, 2.75) is 26.7 Å². The van der Waals surface area contributed by atoms with E-state index in [0.29, 0.717) is 12.1 Å². The molecule has 0 radical (unpaired) electrons. The molecule has 1 aromatic heterocycles. The molecule has 17 heavy (non-hydrogen) atoms. The third-order valence-corrected chi connectivity index (χ3v) is 3.43. The van der Waals surface area contributed by atoms with E-state index < -0.39 is 0 Å². The maximum absolute atomic E-state index is 11.8. The van der Waals surface area contributed by atoms with Gasteiger partial charge >= 0.3 is 0 Å². The molecule has 2 N–H and O–H groups in total. The van der Waals surface area contributed by atoms with Crippen LogP contribution in [0, 0.1) is 5.41 Å².